The number of nitrogens with one attached hydrogen (secondary N) is 1. The van der Waals surface area contributed by atoms with Crippen molar-refractivity contribution in [2.24, 2.45) is 0 Å². The highest BCUT2D eigenvalue weighted by Gasteiger charge is 2.10. The Bertz CT molecular complexity index is 568. The number of anilines is 1. The lowest BCUT2D eigenvalue weighted by Gasteiger charge is -2.12. The summed E-state index contributed by atoms with van der Waals surface area (Å²) in [7, 11) is 0. The van der Waals surface area contributed by atoms with Crippen LogP contribution in [-0.4, -0.2) is 22.1 Å². The standard InChI is InChI=1S/C13H13FN2O2S/c1-8(6-9-2-4-10(14)5-3-9)15-13-16-11(7-19-13)12(17)18/h2-5,7-8H,6H2,1H3,(H,15,16)(H,17,18). The van der Waals surface area contributed by atoms with Gasteiger partial charge in [0.05, 0.1) is 0 Å². The van der Waals surface area contributed by atoms with Crippen molar-refractivity contribution in [3.63, 3.8) is 0 Å². The smallest absolute Gasteiger partial charge is 0.355 e. The Morgan fingerprint density at radius 3 is 2.74 bits per heavy atom. The molecule has 0 amide bonds. The van der Waals surface area contributed by atoms with Crippen LogP contribution in [0.15, 0.2) is 29.6 Å². The second kappa shape index (κ2) is 5.79. The quantitative estimate of drug-likeness (QED) is 0.883. The number of thiazole rings is 1. The van der Waals surface area contributed by atoms with Crippen LogP contribution in [0.25, 0.3) is 0 Å². The molecule has 2 N–H and O–H groups in total. The van der Waals surface area contributed by atoms with Gasteiger partial charge in [-0.25, -0.2) is 14.2 Å². The lowest BCUT2D eigenvalue weighted by Crippen LogP contribution is -2.18. The molecule has 0 aliphatic carbocycles. The van der Waals surface area contributed by atoms with E-state index in [0.29, 0.717) is 11.6 Å². The van der Waals surface area contributed by atoms with Gasteiger partial charge < -0.3 is 10.4 Å². The third-order valence-corrected chi connectivity index (χ3v) is 3.32. The minimum Gasteiger partial charge on any atom is -0.476 e. The third kappa shape index (κ3) is 3.75. The summed E-state index contributed by atoms with van der Waals surface area (Å²) in [6, 6.07) is 6.40. The molecule has 0 radical (unpaired) electrons. The molecule has 4 nitrogen and oxygen atoms in total. The highest BCUT2D eigenvalue weighted by molar-refractivity contribution is 7.13. The Morgan fingerprint density at radius 1 is 1.47 bits per heavy atom. The molecule has 2 rings (SSSR count). The Labute approximate surface area is 113 Å². The molecule has 2 aromatic rings. The van der Waals surface area contributed by atoms with E-state index in [4.69, 9.17) is 5.11 Å². The van der Waals surface area contributed by atoms with E-state index in [2.05, 4.69) is 10.3 Å². The van der Waals surface area contributed by atoms with Crippen molar-refractivity contribution in [3.05, 3.63) is 46.7 Å². The van der Waals surface area contributed by atoms with Gasteiger partial charge >= 0.3 is 5.97 Å². The lowest BCUT2D eigenvalue weighted by molar-refractivity contribution is 0.0691. The third-order valence-electron chi connectivity index (χ3n) is 2.55. The summed E-state index contributed by atoms with van der Waals surface area (Å²) >= 11 is 1.26. The van der Waals surface area contributed by atoms with Crippen molar-refractivity contribution >= 4 is 22.4 Å². The molecule has 1 atom stereocenters. The molecule has 1 unspecified atom stereocenters. The molecule has 100 valence electrons. The fraction of sp³-hybridized carbons (Fsp3) is 0.231. The highest BCUT2D eigenvalue weighted by atomic mass is 32.1. The van der Waals surface area contributed by atoms with E-state index in [1.54, 1.807) is 12.1 Å². The molecule has 1 aromatic heterocycles. The van der Waals surface area contributed by atoms with Gasteiger partial charge in [-0.15, -0.1) is 11.3 Å². The number of hydrogen-bond donors (Lipinski definition) is 2. The number of carboxylic acid groups (broad SMARTS) is 1. The number of aromatic carboxylic acids is 1. The zero-order chi connectivity index (χ0) is 13.8. The molecule has 0 spiro atoms. The summed E-state index contributed by atoms with van der Waals surface area (Å²) in [6.45, 7) is 1.96. The number of rotatable bonds is 5. The Kier molecular flexibility index (Phi) is 4.11. The molecule has 6 heteroatoms. The van der Waals surface area contributed by atoms with Gasteiger partial charge in [0.1, 0.15) is 5.82 Å². The minimum atomic E-state index is -1.03. The second-order valence-corrected chi connectivity index (χ2v) is 5.08. The van der Waals surface area contributed by atoms with Gasteiger partial charge in [0.2, 0.25) is 0 Å². The molecule has 0 aliphatic rings. The summed E-state index contributed by atoms with van der Waals surface area (Å²) in [5.41, 5.74) is 1.05. The zero-order valence-electron chi connectivity index (χ0n) is 10.3. The number of benzene rings is 1. The molecular weight excluding hydrogens is 267 g/mol. The van der Waals surface area contributed by atoms with Crippen molar-refractivity contribution < 1.29 is 14.3 Å². The number of halogens is 1. The first-order chi connectivity index (χ1) is 9.04. The molecule has 0 bridgehead atoms. The van der Waals surface area contributed by atoms with E-state index >= 15 is 0 Å². The zero-order valence-corrected chi connectivity index (χ0v) is 11.1. The summed E-state index contributed by atoms with van der Waals surface area (Å²) in [5.74, 6) is -1.29. The second-order valence-electron chi connectivity index (χ2n) is 4.22. The normalized spacial score (nSPS) is 12.1. The van der Waals surface area contributed by atoms with E-state index in [-0.39, 0.29) is 17.6 Å². The van der Waals surface area contributed by atoms with Crippen LogP contribution in [0, 0.1) is 5.82 Å². The fourth-order valence-corrected chi connectivity index (χ4v) is 2.47. The highest BCUT2D eigenvalue weighted by Crippen LogP contribution is 2.17. The molecule has 1 heterocycles. The molecule has 0 saturated heterocycles. The Morgan fingerprint density at radius 2 is 2.16 bits per heavy atom. The van der Waals surface area contributed by atoms with Gasteiger partial charge in [-0.1, -0.05) is 12.1 Å². The summed E-state index contributed by atoms with van der Waals surface area (Å²) in [6.07, 6.45) is 0.711. The van der Waals surface area contributed by atoms with Crippen LogP contribution in [0.2, 0.25) is 0 Å². The molecular formula is C13H13FN2O2S. The predicted molar refractivity (Wildman–Crippen MR) is 72.3 cm³/mol. The maximum Gasteiger partial charge on any atom is 0.355 e. The first-order valence-electron chi connectivity index (χ1n) is 5.74. The Hall–Kier alpha value is -1.95. The van der Waals surface area contributed by atoms with Crippen molar-refractivity contribution in [2.75, 3.05) is 5.32 Å². The van der Waals surface area contributed by atoms with Crippen molar-refractivity contribution in [1.82, 2.24) is 4.98 Å². The fourth-order valence-electron chi connectivity index (χ4n) is 1.67. The van der Waals surface area contributed by atoms with E-state index in [0.717, 1.165) is 5.56 Å². The number of carboxylic acids is 1. The first-order valence-corrected chi connectivity index (χ1v) is 6.62. The summed E-state index contributed by atoms with van der Waals surface area (Å²) in [4.78, 5) is 14.7. The van der Waals surface area contributed by atoms with Gasteiger partial charge in [-0.2, -0.15) is 0 Å². The first kappa shape index (κ1) is 13.5. The lowest BCUT2D eigenvalue weighted by atomic mass is 10.1. The van der Waals surface area contributed by atoms with Crippen LogP contribution in [0.1, 0.15) is 23.0 Å². The van der Waals surface area contributed by atoms with Gasteiger partial charge in [0.15, 0.2) is 10.8 Å². The minimum absolute atomic E-state index is 0.0430. The van der Waals surface area contributed by atoms with E-state index in [1.165, 1.54) is 28.8 Å². The molecule has 1 aromatic carbocycles. The van der Waals surface area contributed by atoms with Crippen LogP contribution < -0.4 is 5.32 Å². The topological polar surface area (TPSA) is 62.2 Å². The van der Waals surface area contributed by atoms with Gasteiger partial charge in [0.25, 0.3) is 0 Å². The van der Waals surface area contributed by atoms with Crippen molar-refractivity contribution in [1.29, 1.82) is 0 Å². The largest absolute Gasteiger partial charge is 0.476 e. The average molecular weight is 280 g/mol. The maximum absolute atomic E-state index is 12.8. The maximum atomic E-state index is 12.8. The van der Waals surface area contributed by atoms with Crippen LogP contribution in [0.5, 0.6) is 0 Å². The van der Waals surface area contributed by atoms with Gasteiger partial charge in [0, 0.05) is 11.4 Å². The van der Waals surface area contributed by atoms with Gasteiger partial charge in [-0.3, -0.25) is 0 Å². The van der Waals surface area contributed by atoms with Crippen LogP contribution in [0.3, 0.4) is 0 Å². The van der Waals surface area contributed by atoms with E-state index in [9.17, 15) is 9.18 Å². The molecule has 19 heavy (non-hydrogen) atoms. The van der Waals surface area contributed by atoms with E-state index in [1.807, 2.05) is 6.92 Å². The van der Waals surface area contributed by atoms with Gasteiger partial charge in [-0.05, 0) is 31.0 Å². The monoisotopic (exact) mass is 280 g/mol. The summed E-state index contributed by atoms with van der Waals surface area (Å²) < 4.78 is 12.8. The number of aromatic nitrogens is 1. The molecule has 0 aliphatic heterocycles. The number of carbonyl (C=O) groups is 1. The number of hydrogen-bond acceptors (Lipinski definition) is 4. The van der Waals surface area contributed by atoms with Crippen molar-refractivity contribution in [2.45, 2.75) is 19.4 Å². The van der Waals surface area contributed by atoms with Crippen LogP contribution >= 0.6 is 11.3 Å². The molecule has 0 saturated carbocycles. The van der Waals surface area contributed by atoms with E-state index < -0.39 is 5.97 Å². The van der Waals surface area contributed by atoms with Crippen molar-refractivity contribution in [3.8, 4) is 0 Å². The van der Waals surface area contributed by atoms with Crippen LogP contribution in [0.4, 0.5) is 9.52 Å². The Balaban J connectivity index is 1.94. The predicted octanol–water partition coefficient (Wildman–Crippen LogP) is 3.02. The average Bonchev–Trinajstić information content (AvgIpc) is 2.80. The van der Waals surface area contributed by atoms with Crippen LogP contribution in [-0.2, 0) is 6.42 Å². The SMILES string of the molecule is CC(Cc1ccc(F)cc1)Nc1nc(C(=O)O)cs1. The number of nitrogens with zero attached hydrogens (tertiary/aromatic N) is 1. The summed E-state index contributed by atoms with van der Waals surface area (Å²) in [5, 5.41) is 14.0. The molecule has 0 fully saturated rings.